The number of rotatable bonds is 1. The number of hydrogen-bond donors (Lipinski definition) is 0. The second-order valence-corrected chi connectivity index (χ2v) is 7.04. The standard InChI is InChI=1S/C16H10BrNO3S/c1-18-13(11-3-2-6-22-11)12-14(19)9-7-8(17)4-5-10(9)21-15(12)16(18)20/h2-7,13H,1H3. The molecule has 0 aliphatic carbocycles. The second kappa shape index (κ2) is 4.79. The largest absolute Gasteiger partial charge is 0.450 e. The van der Waals surface area contributed by atoms with E-state index in [1.54, 1.807) is 30.1 Å². The van der Waals surface area contributed by atoms with Gasteiger partial charge in [0.1, 0.15) is 5.58 Å². The van der Waals surface area contributed by atoms with Crippen molar-refractivity contribution in [1.29, 1.82) is 0 Å². The SMILES string of the molecule is CN1C(=O)c2oc3ccc(Br)cc3c(=O)c2C1c1cccs1. The maximum atomic E-state index is 12.9. The molecular weight excluding hydrogens is 366 g/mol. The highest BCUT2D eigenvalue weighted by atomic mass is 79.9. The molecule has 4 rings (SSSR count). The van der Waals surface area contributed by atoms with Crippen LogP contribution < -0.4 is 5.43 Å². The predicted octanol–water partition coefficient (Wildman–Crippen LogP) is 3.79. The summed E-state index contributed by atoms with van der Waals surface area (Å²) in [6, 6.07) is 8.69. The normalized spacial score (nSPS) is 17.3. The Kier molecular flexibility index (Phi) is 2.99. The van der Waals surface area contributed by atoms with Crippen LogP contribution in [0.4, 0.5) is 0 Å². The molecule has 110 valence electrons. The predicted molar refractivity (Wildman–Crippen MR) is 88.4 cm³/mol. The van der Waals surface area contributed by atoms with E-state index in [0.29, 0.717) is 16.5 Å². The van der Waals surface area contributed by atoms with Crippen LogP contribution in [0.3, 0.4) is 0 Å². The van der Waals surface area contributed by atoms with Crippen molar-refractivity contribution < 1.29 is 9.21 Å². The van der Waals surface area contributed by atoms with Gasteiger partial charge >= 0.3 is 0 Å². The average Bonchev–Trinajstić information content (AvgIpc) is 3.10. The van der Waals surface area contributed by atoms with Crippen LogP contribution in [0.5, 0.6) is 0 Å². The Morgan fingerprint density at radius 1 is 1.27 bits per heavy atom. The minimum atomic E-state index is -0.373. The Balaban J connectivity index is 2.08. The van der Waals surface area contributed by atoms with E-state index in [2.05, 4.69) is 15.9 Å². The van der Waals surface area contributed by atoms with Gasteiger partial charge in [0, 0.05) is 16.4 Å². The molecule has 1 aliphatic heterocycles. The van der Waals surface area contributed by atoms with Gasteiger partial charge in [-0.1, -0.05) is 22.0 Å². The molecule has 0 spiro atoms. The molecule has 1 atom stereocenters. The van der Waals surface area contributed by atoms with Crippen molar-refractivity contribution in [3.63, 3.8) is 0 Å². The lowest BCUT2D eigenvalue weighted by molar-refractivity contribution is 0.0773. The summed E-state index contributed by atoms with van der Waals surface area (Å²) in [5.41, 5.74) is 0.717. The molecule has 3 heterocycles. The molecule has 0 radical (unpaired) electrons. The number of halogens is 1. The third kappa shape index (κ3) is 1.80. The number of thiophene rings is 1. The molecule has 4 nitrogen and oxygen atoms in total. The van der Waals surface area contributed by atoms with Crippen LogP contribution in [-0.4, -0.2) is 17.9 Å². The monoisotopic (exact) mass is 375 g/mol. The van der Waals surface area contributed by atoms with Crippen LogP contribution in [-0.2, 0) is 0 Å². The highest BCUT2D eigenvalue weighted by molar-refractivity contribution is 9.10. The summed E-state index contributed by atoms with van der Waals surface area (Å²) in [4.78, 5) is 27.9. The Hall–Kier alpha value is -1.92. The Morgan fingerprint density at radius 3 is 2.82 bits per heavy atom. The van der Waals surface area contributed by atoms with Gasteiger partial charge in [0.05, 0.1) is 17.0 Å². The second-order valence-electron chi connectivity index (χ2n) is 5.15. The van der Waals surface area contributed by atoms with Crippen molar-refractivity contribution in [3.05, 3.63) is 66.6 Å². The third-order valence-electron chi connectivity index (χ3n) is 3.88. The summed E-state index contributed by atoms with van der Waals surface area (Å²) < 4.78 is 6.55. The summed E-state index contributed by atoms with van der Waals surface area (Å²) in [6.07, 6.45) is 0. The molecule has 0 fully saturated rings. The van der Waals surface area contributed by atoms with E-state index < -0.39 is 0 Å². The summed E-state index contributed by atoms with van der Waals surface area (Å²) in [6.45, 7) is 0. The van der Waals surface area contributed by atoms with Gasteiger partial charge in [-0.25, -0.2) is 0 Å². The summed E-state index contributed by atoms with van der Waals surface area (Å²) >= 11 is 4.89. The van der Waals surface area contributed by atoms with Crippen LogP contribution in [0.2, 0.25) is 0 Å². The molecule has 0 saturated heterocycles. The fraction of sp³-hybridized carbons (Fsp3) is 0.125. The molecule has 0 saturated carbocycles. The van der Waals surface area contributed by atoms with E-state index in [1.165, 1.54) is 11.3 Å². The van der Waals surface area contributed by atoms with Gasteiger partial charge in [-0.3, -0.25) is 9.59 Å². The Labute approximate surface area is 138 Å². The van der Waals surface area contributed by atoms with Crippen molar-refractivity contribution in [3.8, 4) is 0 Å². The maximum Gasteiger partial charge on any atom is 0.290 e. The molecule has 1 aliphatic rings. The minimum Gasteiger partial charge on any atom is -0.450 e. The topological polar surface area (TPSA) is 50.5 Å². The van der Waals surface area contributed by atoms with Crippen LogP contribution in [0.1, 0.15) is 27.0 Å². The van der Waals surface area contributed by atoms with Crippen molar-refractivity contribution >= 4 is 44.1 Å². The molecule has 2 aromatic heterocycles. The smallest absolute Gasteiger partial charge is 0.290 e. The number of amides is 1. The third-order valence-corrected chi connectivity index (χ3v) is 5.29. The van der Waals surface area contributed by atoms with E-state index in [9.17, 15) is 9.59 Å². The number of nitrogens with zero attached hydrogens (tertiary/aromatic N) is 1. The maximum absolute atomic E-state index is 12.9. The van der Waals surface area contributed by atoms with E-state index >= 15 is 0 Å². The van der Waals surface area contributed by atoms with Crippen LogP contribution in [0.15, 0.2) is 49.4 Å². The van der Waals surface area contributed by atoms with Gasteiger partial charge in [0.2, 0.25) is 5.76 Å². The van der Waals surface area contributed by atoms with Crippen molar-refractivity contribution in [1.82, 2.24) is 4.90 Å². The zero-order valence-electron chi connectivity index (χ0n) is 11.5. The fourth-order valence-corrected chi connectivity index (χ4v) is 4.08. The van der Waals surface area contributed by atoms with Gasteiger partial charge in [-0.05, 0) is 29.6 Å². The number of hydrogen-bond acceptors (Lipinski definition) is 4. The summed E-state index contributed by atoms with van der Waals surface area (Å²) in [5, 5.41) is 2.42. The first-order valence-corrected chi connectivity index (χ1v) is 8.32. The van der Waals surface area contributed by atoms with Crippen molar-refractivity contribution in [2.45, 2.75) is 6.04 Å². The van der Waals surface area contributed by atoms with Crippen LogP contribution in [0, 0.1) is 0 Å². The van der Waals surface area contributed by atoms with E-state index in [1.807, 2.05) is 17.5 Å². The van der Waals surface area contributed by atoms with Gasteiger partial charge in [0.25, 0.3) is 5.91 Å². The highest BCUT2D eigenvalue weighted by Gasteiger charge is 2.41. The van der Waals surface area contributed by atoms with Gasteiger partial charge in [-0.15, -0.1) is 11.3 Å². The van der Waals surface area contributed by atoms with Gasteiger partial charge < -0.3 is 9.32 Å². The lowest BCUT2D eigenvalue weighted by atomic mass is 10.0. The van der Waals surface area contributed by atoms with Crippen molar-refractivity contribution in [2.75, 3.05) is 7.05 Å². The zero-order chi connectivity index (χ0) is 15.4. The quantitative estimate of drug-likeness (QED) is 0.649. The highest BCUT2D eigenvalue weighted by Crippen LogP contribution is 2.38. The molecule has 0 N–H and O–H groups in total. The number of fused-ring (bicyclic) bond motifs is 2. The molecular formula is C16H10BrNO3S. The average molecular weight is 376 g/mol. The first-order chi connectivity index (χ1) is 10.6. The molecule has 0 bridgehead atoms. The minimum absolute atomic E-state index is 0.145. The molecule has 6 heteroatoms. The van der Waals surface area contributed by atoms with E-state index in [0.717, 1.165) is 9.35 Å². The Bertz CT molecular complexity index is 961. The van der Waals surface area contributed by atoms with Gasteiger partial charge in [0.15, 0.2) is 5.43 Å². The van der Waals surface area contributed by atoms with Crippen molar-refractivity contribution in [2.24, 2.45) is 0 Å². The van der Waals surface area contributed by atoms with E-state index in [4.69, 9.17) is 4.42 Å². The molecule has 22 heavy (non-hydrogen) atoms. The number of benzene rings is 1. The zero-order valence-corrected chi connectivity index (χ0v) is 13.9. The lowest BCUT2D eigenvalue weighted by Crippen LogP contribution is -2.24. The first kappa shape index (κ1) is 13.7. The molecule has 3 aromatic rings. The first-order valence-electron chi connectivity index (χ1n) is 6.65. The lowest BCUT2D eigenvalue weighted by Gasteiger charge is -2.18. The number of carbonyl (C=O) groups is 1. The summed E-state index contributed by atoms with van der Waals surface area (Å²) in [7, 11) is 1.70. The summed E-state index contributed by atoms with van der Waals surface area (Å²) in [5.74, 6) is -0.101. The fourth-order valence-electron chi connectivity index (χ4n) is 2.84. The van der Waals surface area contributed by atoms with Crippen LogP contribution in [0.25, 0.3) is 11.0 Å². The Morgan fingerprint density at radius 2 is 2.09 bits per heavy atom. The molecule has 1 aromatic carbocycles. The van der Waals surface area contributed by atoms with E-state index in [-0.39, 0.29) is 23.1 Å². The number of carbonyl (C=O) groups excluding carboxylic acids is 1. The molecule has 1 amide bonds. The van der Waals surface area contributed by atoms with Gasteiger partial charge in [-0.2, -0.15) is 0 Å². The van der Waals surface area contributed by atoms with Crippen LogP contribution >= 0.6 is 27.3 Å². The molecule has 1 unspecified atom stereocenters.